The Hall–Kier alpha value is -5.87. The number of methoxy groups -OCH3 is 1. The number of carbonyl (C=O) groups is 1. The molecule has 0 fully saturated rings. The van der Waals surface area contributed by atoms with E-state index in [2.05, 4.69) is 31.1 Å². The predicted molar refractivity (Wildman–Crippen MR) is 199 cm³/mol. The van der Waals surface area contributed by atoms with Crippen LogP contribution in [0.3, 0.4) is 0 Å². The minimum Gasteiger partial charge on any atom is -0.506 e. The van der Waals surface area contributed by atoms with Crippen molar-refractivity contribution >= 4 is 70.5 Å². The van der Waals surface area contributed by atoms with E-state index in [1.165, 1.54) is 50.4 Å². The fourth-order valence-electron chi connectivity index (χ4n) is 5.07. The van der Waals surface area contributed by atoms with E-state index in [4.69, 9.17) is 4.74 Å². The van der Waals surface area contributed by atoms with Crippen molar-refractivity contribution in [3.63, 3.8) is 0 Å². The van der Waals surface area contributed by atoms with Gasteiger partial charge < -0.3 is 25.6 Å². The van der Waals surface area contributed by atoms with Gasteiger partial charge in [-0.2, -0.15) is 5.11 Å². The molecule has 14 nitrogen and oxygen atoms in total. The lowest BCUT2D eigenvalue weighted by Gasteiger charge is -2.12. The van der Waals surface area contributed by atoms with Crippen molar-refractivity contribution in [2.45, 2.75) is 30.6 Å². The number of nitrogens with one attached hydrogen (secondary N) is 2. The molecule has 1 amide bonds. The van der Waals surface area contributed by atoms with Crippen LogP contribution in [-0.4, -0.2) is 58.1 Å². The van der Waals surface area contributed by atoms with Crippen LogP contribution in [0.25, 0.3) is 10.8 Å². The van der Waals surface area contributed by atoms with Gasteiger partial charge in [-0.1, -0.05) is 13.8 Å². The van der Waals surface area contributed by atoms with Crippen LogP contribution in [0.4, 0.5) is 34.1 Å². The Morgan fingerprint density at radius 1 is 0.731 bits per heavy atom. The van der Waals surface area contributed by atoms with E-state index in [-0.39, 0.29) is 44.2 Å². The van der Waals surface area contributed by atoms with E-state index in [1.54, 1.807) is 49.4 Å². The molecule has 0 aliphatic rings. The summed E-state index contributed by atoms with van der Waals surface area (Å²) in [5, 5.41) is 45.6. The molecule has 0 saturated heterocycles. The van der Waals surface area contributed by atoms with E-state index in [0.717, 1.165) is 6.07 Å². The smallest absolute Gasteiger partial charge is 0.255 e. The van der Waals surface area contributed by atoms with Crippen LogP contribution in [0.2, 0.25) is 0 Å². The highest BCUT2D eigenvalue weighted by atomic mass is 32.2. The van der Waals surface area contributed by atoms with Crippen molar-refractivity contribution in [3.8, 4) is 17.2 Å². The first kappa shape index (κ1) is 37.4. The third-order valence-electron chi connectivity index (χ3n) is 7.98. The molecule has 52 heavy (non-hydrogen) atoms. The number of carbonyl (C=O) groups excluding carboxylic acids is 1. The molecule has 16 heteroatoms. The van der Waals surface area contributed by atoms with E-state index in [9.17, 15) is 31.8 Å². The number of hydrogen-bond donors (Lipinski definition) is 4. The average Bonchev–Trinajstić information content (AvgIpc) is 3.14. The predicted octanol–water partition coefficient (Wildman–Crippen LogP) is 8.36. The molecule has 0 heterocycles. The molecule has 5 aromatic carbocycles. The van der Waals surface area contributed by atoms with Gasteiger partial charge in [0.15, 0.2) is 25.4 Å². The topological polar surface area (TPSA) is 209 Å². The number of hydrogen-bond acceptors (Lipinski definition) is 13. The van der Waals surface area contributed by atoms with E-state index in [0.29, 0.717) is 45.6 Å². The molecule has 0 atom stereocenters. The minimum absolute atomic E-state index is 0.00519. The fraction of sp³-hybridized carbons (Fsp3) is 0.194. The van der Waals surface area contributed by atoms with Gasteiger partial charge in [0.25, 0.3) is 5.91 Å². The molecule has 270 valence electrons. The molecule has 0 aliphatic carbocycles. The third kappa shape index (κ3) is 8.03. The SMILES string of the molecule is CCNc1ccc2c(O)c(/N=N/c3cc(OC)c(S(=O)(=O)CC)cc3O)ccc2c1/N=N/c1ccc(C(=O)Nc2ccc(S(=O)(=O)CC)cc2)cc1. The van der Waals surface area contributed by atoms with Gasteiger partial charge in [0.2, 0.25) is 0 Å². The summed E-state index contributed by atoms with van der Waals surface area (Å²) in [7, 11) is -5.73. The number of fused-ring (bicyclic) bond motifs is 1. The summed E-state index contributed by atoms with van der Waals surface area (Å²) in [6, 6.07) is 21.3. The molecule has 0 aromatic heterocycles. The van der Waals surface area contributed by atoms with Crippen LogP contribution in [-0.2, 0) is 19.7 Å². The van der Waals surface area contributed by atoms with E-state index < -0.39 is 31.3 Å². The number of anilines is 2. The Balaban J connectivity index is 1.39. The number of phenolic OH excluding ortho intramolecular Hbond substituents is 2. The van der Waals surface area contributed by atoms with Crippen molar-refractivity contribution in [1.82, 2.24) is 0 Å². The second-order valence-corrected chi connectivity index (χ2v) is 15.8. The summed E-state index contributed by atoms with van der Waals surface area (Å²) in [6.45, 7) is 5.55. The van der Waals surface area contributed by atoms with Gasteiger partial charge in [0.1, 0.15) is 33.5 Å². The van der Waals surface area contributed by atoms with Crippen molar-refractivity contribution in [2.75, 3.05) is 35.8 Å². The van der Waals surface area contributed by atoms with Crippen LogP contribution < -0.4 is 15.4 Å². The zero-order valence-electron chi connectivity index (χ0n) is 28.7. The summed E-state index contributed by atoms with van der Waals surface area (Å²) in [5.74, 6) is -1.25. The van der Waals surface area contributed by atoms with Gasteiger partial charge in [0, 0.05) is 40.7 Å². The summed E-state index contributed by atoms with van der Waals surface area (Å²) < 4.78 is 54.2. The Labute approximate surface area is 300 Å². The highest BCUT2D eigenvalue weighted by Crippen LogP contribution is 2.44. The molecule has 0 unspecified atom stereocenters. The second kappa shape index (κ2) is 15.6. The Morgan fingerprint density at radius 2 is 1.38 bits per heavy atom. The maximum Gasteiger partial charge on any atom is 0.255 e. The number of nitrogens with zero attached hydrogens (tertiary/aromatic N) is 4. The molecule has 0 aliphatic heterocycles. The van der Waals surface area contributed by atoms with Gasteiger partial charge in [-0.3, -0.25) is 4.79 Å². The quantitative estimate of drug-likeness (QED) is 0.0853. The van der Waals surface area contributed by atoms with Crippen LogP contribution in [0.5, 0.6) is 17.2 Å². The highest BCUT2D eigenvalue weighted by Gasteiger charge is 2.21. The molecular formula is C36H36N6O8S2. The summed E-state index contributed by atoms with van der Waals surface area (Å²) in [5.41, 5.74) is 2.34. The Kier molecular flexibility index (Phi) is 11.2. The minimum atomic E-state index is -3.68. The molecule has 0 spiro atoms. The van der Waals surface area contributed by atoms with Gasteiger partial charge in [-0.05, 0) is 79.7 Å². The lowest BCUT2D eigenvalue weighted by Crippen LogP contribution is -2.12. The molecule has 5 aromatic rings. The number of rotatable bonds is 13. The van der Waals surface area contributed by atoms with Crippen LogP contribution >= 0.6 is 0 Å². The van der Waals surface area contributed by atoms with Crippen LogP contribution in [0.15, 0.2) is 115 Å². The van der Waals surface area contributed by atoms with Gasteiger partial charge >= 0.3 is 0 Å². The second-order valence-electron chi connectivity index (χ2n) is 11.2. The first-order chi connectivity index (χ1) is 24.8. The Bertz CT molecular complexity index is 2420. The van der Waals surface area contributed by atoms with Crippen molar-refractivity contribution in [2.24, 2.45) is 20.5 Å². The van der Waals surface area contributed by atoms with Gasteiger partial charge in [-0.25, -0.2) is 16.8 Å². The third-order valence-corrected chi connectivity index (χ3v) is 11.5. The highest BCUT2D eigenvalue weighted by molar-refractivity contribution is 7.91. The molecule has 0 bridgehead atoms. The fourth-order valence-corrected chi connectivity index (χ4v) is 7.01. The summed E-state index contributed by atoms with van der Waals surface area (Å²) in [6.07, 6.45) is 0. The number of azo groups is 2. The monoisotopic (exact) mass is 744 g/mol. The van der Waals surface area contributed by atoms with Crippen LogP contribution in [0.1, 0.15) is 31.1 Å². The number of amides is 1. The summed E-state index contributed by atoms with van der Waals surface area (Å²) >= 11 is 0. The normalized spacial score (nSPS) is 12.1. The number of aromatic hydroxyl groups is 2. The number of sulfone groups is 2. The first-order valence-corrected chi connectivity index (χ1v) is 19.4. The lowest BCUT2D eigenvalue weighted by atomic mass is 10.1. The first-order valence-electron chi connectivity index (χ1n) is 16.1. The maximum absolute atomic E-state index is 12.8. The van der Waals surface area contributed by atoms with Crippen molar-refractivity contribution in [3.05, 3.63) is 90.5 Å². The molecule has 0 saturated carbocycles. The van der Waals surface area contributed by atoms with Gasteiger partial charge in [-0.15, -0.1) is 15.3 Å². The lowest BCUT2D eigenvalue weighted by molar-refractivity contribution is 0.102. The zero-order chi connectivity index (χ0) is 37.6. The molecule has 0 radical (unpaired) electrons. The number of phenols is 2. The maximum atomic E-state index is 12.8. The standard InChI is InChI=1S/C36H36N6O8S2/c1-5-37-28-18-17-27-26(16-19-29(35(27)44)40-41-30-20-32(50-4)33(21-31(30)43)52(48,49)7-3)34(28)42-39-24-10-8-22(9-11-24)36(45)38-23-12-14-25(15-13-23)51(46,47)6-2/h8-21,37,43-44H,5-7H2,1-4H3,(H,38,45)/b41-40+,42-39+. The van der Waals surface area contributed by atoms with Gasteiger partial charge in [0.05, 0.1) is 34.9 Å². The van der Waals surface area contributed by atoms with Crippen LogP contribution in [0, 0.1) is 0 Å². The molecular weight excluding hydrogens is 709 g/mol. The zero-order valence-corrected chi connectivity index (χ0v) is 30.3. The Morgan fingerprint density at radius 3 is 2.02 bits per heavy atom. The molecule has 4 N–H and O–H groups in total. The summed E-state index contributed by atoms with van der Waals surface area (Å²) in [4.78, 5) is 12.8. The average molecular weight is 745 g/mol. The van der Waals surface area contributed by atoms with E-state index >= 15 is 0 Å². The van der Waals surface area contributed by atoms with Crippen molar-refractivity contribution in [1.29, 1.82) is 0 Å². The number of benzene rings is 5. The largest absolute Gasteiger partial charge is 0.506 e. The van der Waals surface area contributed by atoms with Crippen molar-refractivity contribution < 1.29 is 36.6 Å². The molecule has 5 rings (SSSR count). The van der Waals surface area contributed by atoms with E-state index in [1.807, 2.05) is 6.92 Å². The number of ether oxygens (including phenoxy) is 1.